The average molecular weight is 272 g/mol. The third kappa shape index (κ3) is 3.05. The van der Waals surface area contributed by atoms with Crippen LogP contribution in [0.2, 0.25) is 0 Å². The van der Waals surface area contributed by atoms with Crippen molar-refractivity contribution in [1.82, 2.24) is 15.6 Å². The van der Waals surface area contributed by atoms with Gasteiger partial charge in [-0.1, -0.05) is 18.2 Å². The Labute approximate surface area is 119 Å². The molecule has 0 aliphatic carbocycles. The molecule has 0 saturated heterocycles. The SMILES string of the molecule is CNCc1cc2ccccc2nc1N(C)CC(=O)NC. The zero-order valence-corrected chi connectivity index (χ0v) is 12.1. The zero-order chi connectivity index (χ0) is 14.5. The van der Waals surface area contributed by atoms with Crippen molar-refractivity contribution in [3.8, 4) is 0 Å². The first-order valence-corrected chi connectivity index (χ1v) is 6.60. The van der Waals surface area contributed by atoms with Crippen molar-refractivity contribution < 1.29 is 4.79 Å². The van der Waals surface area contributed by atoms with Gasteiger partial charge in [-0.2, -0.15) is 0 Å². The van der Waals surface area contributed by atoms with Crippen LogP contribution >= 0.6 is 0 Å². The Bertz CT molecular complexity index is 612. The van der Waals surface area contributed by atoms with Crippen molar-refractivity contribution in [3.05, 3.63) is 35.9 Å². The lowest BCUT2D eigenvalue weighted by Gasteiger charge is -2.21. The number of fused-ring (bicyclic) bond motifs is 1. The van der Waals surface area contributed by atoms with Gasteiger partial charge in [0.25, 0.3) is 0 Å². The van der Waals surface area contributed by atoms with Crippen LogP contribution in [0.5, 0.6) is 0 Å². The van der Waals surface area contributed by atoms with Crippen LogP contribution in [0.15, 0.2) is 30.3 Å². The summed E-state index contributed by atoms with van der Waals surface area (Å²) in [5, 5.41) is 6.88. The Morgan fingerprint density at radius 1 is 1.30 bits per heavy atom. The third-order valence-corrected chi connectivity index (χ3v) is 3.17. The summed E-state index contributed by atoms with van der Waals surface area (Å²) in [6.07, 6.45) is 0. The number of benzene rings is 1. The Balaban J connectivity index is 2.43. The van der Waals surface area contributed by atoms with Crippen molar-refractivity contribution in [1.29, 1.82) is 0 Å². The van der Waals surface area contributed by atoms with Crippen LogP contribution in [0.25, 0.3) is 10.9 Å². The first-order chi connectivity index (χ1) is 9.65. The van der Waals surface area contributed by atoms with Gasteiger partial charge in [0, 0.05) is 31.6 Å². The highest BCUT2D eigenvalue weighted by atomic mass is 16.1. The predicted octanol–water partition coefficient (Wildman–Crippen LogP) is 1.14. The second-order valence-electron chi connectivity index (χ2n) is 4.72. The highest BCUT2D eigenvalue weighted by Crippen LogP contribution is 2.22. The summed E-state index contributed by atoms with van der Waals surface area (Å²) >= 11 is 0. The molecule has 0 radical (unpaired) electrons. The van der Waals surface area contributed by atoms with E-state index in [1.807, 2.05) is 43.3 Å². The van der Waals surface area contributed by atoms with Crippen LogP contribution in [-0.2, 0) is 11.3 Å². The minimum absolute atomic E-state index is 0.0298. The molecule has 1 aromatic carbocycles. The van der Waals surface area contributed by atoms with Gasteiger partial charge in [-0.3, -0.25) is 4.79 Å². The third-order valence-electron chi connectivity index (χ3n) is 3.17. The number of nitrogens with one attached hydrogen (secondary N) is 2. The molecule has 0 saturated carbocycles. The van der Waals surface area contributed by atoms with Crippen LogP contribution in [0.3, 0.4) is 0 Å². The lowest BCUT2D eigenvalue weighted by Crippen LogP contribution is -2.34. The van der Waals surface area contributed by atoms with Crippen LogP contribution in [-0.4, -0.2) is 38.6 Å². The maximum absolute atomic E-state index is 11.5. The van der Waals surface area contributed by atoms with Gasteiger partial charge in [-0.05, 0) is 19.2 Å². The van der Waals surface area contributed by atoms with Crippen molar-refractivity contribution >= 4 is 22.6 Å². The molecule has 2 rings (SSSR count). The van der Waals surface area contributed by atoms with Gasteiger partial charge in [0.15, 0.2) is 0 Å². The minimum atomic E-state index is -0.0298. The number of anilines is 1. The number of pyridine rings is 1. The van der Waals surface area contributed by atoms with Crippen LogP contribution in [0.1, 0.15) is 5.56 Å². The molecular formula is C15H20N4O. The molecule has 0 aliphatic heterocycles. The highest BCUT2D eigenvalue weighted by Gasteiger charge is 2.13. The van der Waals surface area contributed by atoms with E-state index in [1.54, 1.807) is 7.05 Å². The van der Waals surface area contributed by atoms with Crippen molar-refractivity contribution in [3.63, 3.8) is 0 Å². The first kappa shape index (κ1) is 14.3. The molecule has 1 amide bonds. The van der Waals surface area contributed by atoms with Crippen molar-refractivity contribution in [2.45, 2.75) is 6.54 Å². The molecule has 1 aromatic heterocycles. The van der Waals surface area contributed by atoms with E-state index in [2.05, 4.69) is 21.7 Å². The molecule has 0 fully saturated rings. The van der Waals surface area contributed by atoms with Crippen LogP contribution < -0.4 is 15.5 Å². The van der Waals surface area contributed by atoms with Gasteiger partial charge in [-0.15, -0.1) is 0 Å². The predicted molar refractivity (Wildman–Crippen MR) is 81.8 cm³/mol. The monoisotopic (exact) mass is 272 g/mol. The number of aromatic nitrogens is 1. The van der Waals surface area contributed by atoms with Gasteiger partial charge < -0.3 is 15.5 Å². The van der Waals surface area contributed by atoms with Crippen molar-refractivity contribution in [2.24, 2.45) is 0 Å². The summed E-state index contributed by atoms with van der Waals surface area (Å²) in [5.74, 6) is 0.805. The van der Waals surface area contributed by atoms with Gasteiger partial charge in [0.05, 0.1) is 12.1 Å². The quantitative estimate of drug-likeness (QED) is 0.857. The molecule has 2 N–H and O–H groups in total. The molecule has 1 heterocycles. The number of carbonyl (C=O) groups excluding carboxylic acids is 1. The molecule has 5 nitrogen and oxygen atoms in total. The zero-order valence-electron chi connectivity index (χ0n) is 12.1. The summed E-state index contributed by atoms with van der Waals surface area (Å²) in [6, 6.07) is 10.1. The van der Waals surface area contributed by atoms with Crippen LogP contribution in [0.4, 0.5) is 5.82 Å². The van der Waals surface area contributed by atoms with E-state index in [9.17, 15) is 4.79 Å². The summed E-state index contributed by atoms with van der Waals surface area (Å²) in [4.78, 5) is 18.1. The van der Waals surface area contributed by atoms with E-state index in [4.69, 9.17) is 0 Å². The van der Waals surface area contributed by atoms with E-state index in [0.717, 1.165) is 22.3 Å². The number of amides is 1. The number of hydrogen-bond acceptors (Lipinski definition) is 4. The largest absolute Gasteiger partial charge is 0.358 e. The topological polar surface area (TPSA) is 57.3 Å². The molecule has 0 bridgehead atoms. The molecule has 2 aromatic rings. The first-order valence-electron chi connectivity index (χ1n) is 6.60. The van der Waals surface area contributed by atoms with Gasteiger partial charge in [-0.25, -0.2) is 4.98 Å². The number of nitrogens with zero attached hydrogens (tertiary/aromatic N) is 2. The normalized spacial score (nSPS) is 10.6. The van der Waals surface area contributed by atoms with E-state index in [1.165, 1.54) is 0 Å². The molecule has 0 atom stereocenters. The smallest absolute Gasteiger partial charge is 0.239 e. The summed E-state index contributed by atoms with van der Waals surface area (Å²) in [5.41, 5.74) is 2.02. The lowest BCUT2D eigenvalue weighted by atomic mass is 10.1. The summed E-state index contributed by atoms with van der Waals surface area (Å²) in [6.45, 7) is 1.00. The molecule has 20 heavy (non-hydrogen) atoms. The number of para-hydroxylation sites is 1. The van der Waals surface area contributed by atoms with Gasteiger partial charge in [0.2, 0.25) is 5.91 Å². The number of hydrogen-bond donors (Lipinski definition) is 2. The number of carbonyl (C=O) groups is 1. The second kappa shape index (κ2) is 6.34. The highest BCUT2D eigenvalue weighted by molar-refractivity contribution is 5.84. The fraction of sp³-hybridized carbons (Fsp3) is 0.333. The molecule has 5 heteroatoms. The fourth-order valence-electron chi connectivity index (χ4n) is 2.17. The van der Waals surface area contributed by atoms with E-state index in [0.29, 0.717) is 13.1 Å². The Morgan fingerprint density at radius 3 is 2.75 bits per heavy atom. The molecule has 0 spiro atoms. The standard InChI is InChI=1S/C15H20N4O/c1-16-9-12-8-11-6-4-5-7-13(11)18-15(12)19(3)10-14(20)17-2/h4-8,16H,9-10H2,1-3H3,(H,17,20). The lowest BCUT2D eigenvalue weighted by molar-refractivity contribution is -0.119. The van der Waals surface area contributed by atoms with Gasteiger partial charge in [0.1, 0.15) is 5.82 Å². The molecular weight excluding hydrogens is 252 g/mol. The maximum atomic E-state index is 11.5. The molecule has 0 unspecified atom stereocenters. The van der Waals surface area contributed by atoms with Gasteiger partial charge >= 0.3 is 0 Å². The van der Waals surface area contributed by atoms with E-state index >= 15 is 0 Å². The number of likely N-dealkylation sites (N-methyl/N-ethyl adjacent to an activating group) is 2. The Hall–Kier alpha value is -2.14. The second-order valence-corrected chi connectivity index (χ2v) is 4.72. The minimum Gasteiger partial charge on any atom is -0.358 e. The fourth-order valence-corrected chi connectivity index (χ4v) is 2.17. The van der Waals surface area contributed by atoms with Crippen LogP contribution in [0, 0.1) is 0 Å². The summed E-state index contributed by atoms with van der Waals surface area (Å²) < 4.78 is 0. The maximum Gasteiger partial charge on any atom is 0.239 e. The number of rotatable bonds is 5. The Kier molecular flexibility index (Phi) is 4.53. The van der Waals surface area contributed by atoms with E-state index < -0.39 is 0 Å². The molecule has 0 aliphatic rings. The van der Waals surface area contributed by atoms with Crippen molar-refractivity contribution in [2.75, 3.05) is 32.6 Å². The molecule has 106 valence electrons. The van der Waals surface area contributed by atoms with E-state index in [-0.39, 0.29) is 5.91 Å². The summed E-state index contributed by atoms with van der Waals surface area (Å²) in [7, 11) is 5.42. The average Bonchev–Trinajstić information content (AvgIpc) is 2.46. The Morgan fingerprint density at radius 2 is 2.05 bits per heavy atom.